The van der Waals surface area contributed by atoms with Crippen LogP contribution in [0.3, 0.4) is 0 Å². The summed E-state index contributed by atoms with van der Waals surface area (Å²) in [4.78, 5) is 14.6. The smallest absolute Gasteiger partial charge is 0.240 e. The zero-order valence-corrected chi connectivity index (χ0v) is 11.7. The summed E-state index contributed by atoms with van der Waals surface area (Å²) in [5.41, 5.74) is 0. The molecular weight excluding hydrogens is 224 g/mol. The molecule has 1 N–H and O–H groups in total. The molecule has 2 aliphatic carbocycles. The lowest BCUT2D eigenvalue weighted by Crippen LogP contribution is -2.47. The monoisotopic (exact) mass is 250 g/mol. The van der Waals surface area contributed by atoms with Crippen molar-refractivity contribution in [3.63, 3.8) is 0 Å². The van der Waals surface area contributed by atoms with Crippen LogP contribution in [-0.2, 0) is 4.79 Å². The molecule has 0 radical (unpaired) electrons. The topological polar surface area (TPSA) is 32.3 Å². The van der Waals surface area contributed by atoms with Crippen LogP contribution in [0.1, 0.15) is 58.8 Å². The first kappa shape index (κ1) is 12.5. The van der Waals surface area contributed by atoms with Crippen molar-refractivity contribution >= 4 is 5.91 Å². The number of hydrogen-bond donors (Lipinski definition) is 1. The van der Waals surface area contributed by atoms with Crippen molar-refractivity contribution < 1.29 is 4.79 Å². The maximum Gasteiger partial charge on any atom is 0.240 e. The minimum absolute atomic E-state index is 0.0252. The molecule has 1 saturated heterocycles. The van der Waals surface area contributed by atoms with Crippen LogP contribution in [-0.4, -0.2) is 29.1 Å². The molecule has 3 unspecified atom stereocenters. The Labute approximate surface area is 110 Å². The fourth-order valence-corrected chi connectivity index (χ4v) is 3.85. The number of nitrogens with one attached hydrogen (secondary N) is 1. The average Bonchev–Trinajstić information content (AvgIpc) is 2.90. The van der Waals surface area contributed by atoms with E-state index in [2.05, 4.69) is 17.1 Å². The van der Waals surface area contributed by atoms with Crippen LogP contribution in [0.5, 0.6) is 0 Å². The SMILES string of the molecule is CC1NC(C2CCCC2)N(C(C)CC2CC2)C1=O. The summed E-state index contributed by atoms with van der Waals surface area (Å²) in [5.74, 6) is 1.92. The van der Waals surface area contributed by atoms with Crippen LogP contribution in [0.2, 0.25) is 0 Å². The highest BCUT2D eigenvalue weighted by molar-refractivity contribution is 5.84. The molecule has 3 aliphatic rings. The fraction of sp³-hybridized carbons (Fsp3) is 0.933. The van der Waals surface area contributed by atoms with E-state index in [4.69, 9.17) is 0 Å². The number of carbonyl (C=O) groups is 1. The van der Waals surface area contributed by atoms with Crippen LogP contribution in [0.4, 0.5) is 0 Å². The summed E-state index contributed by atoms with van der Waals surface area (Å²) in [6.07, 6.45) is 9.57. The number of rotatable bonds is 4. The lowest BCUT2D eigenvalue weighted by Gasteiger charge is -2.34. The zero-order valence-electron chi connectivity index (χ0n) is 11.7. The Kier molecular flexibility index (Phi) is 3.35. The number of hydrogen-bond acceptors (Lipinski definition) is 2. The van der Waals surface area contributed by atoms with E-state index in [-0.39, 0.29) is 6.04 Å². The van der Waals surface area contributed by atoms with E-state index in [1.165, 1.54) is 44.9 Å². The lowest BCUT2D eigenvalue weighted by atomic mass is 10.0. The van der Waals surface area contributed by atoms with Gasteiger partial charge in [0.15, 0.2) is 0 Å². The van der Waals surface area contributed by atoms with Crippen LogP contribution >= 0.6 is 0 Å². The minimum Gasteiger partial charge on any atom is -0.323 e. The first-order valence-electron chi connectivity index (χ1n) is 7.75. The summed E-state index contributed by atoms with van der Waals surface area (Å²) in [6, 6.07) is 0.449. The second-order valence-electron chi connectivity index (χ2n) is 6.65. The van der Waals surface area contributed by atoms with Crippen molar-refractivity contribution in [3.05, 3.63) is 0 Å². The summed E-state index contributed by atoms with van der Waals surface area (Å²) in [5, 5.41) is 3.55. The summed E-state index contributed by atoms with van der Waals surface area (Å²) >= 11 is 0. The molecular formula is C15H26N2O. The van der Waals surface area contributed by atoms with E-state index in [0.717, 1.165) is 5.92 Å². The van der Waals surface area contributed by atoms with Crippen molar-refractivity contribution in [1.29, 1.82) is 0 Å². The molecule has 3 heteroatoms. The third-order valence-electron chi connectivity index (χ3n) is 5.04. The Balaban J connectivity index is 1.71. The van der Waals surface area contributed by atoms with Crippen molar-refractivity contribution in [2.24, 2.45) is 11.8 Å². The highest BCUT2D eigenvalue weighted by Gasteiger charge is 2.44. The maximum atomic E-state index is 12.4. The largest absolute Gasteiger partial charge is 0.323 e. The first-order valence-corrected chi connectivity index (χ1v) is 7.75. The molecule has 3 rings (SSSR count). The predicted molar refractivity (Wildman–Crippen MR) is 72.0 cm³/mol. The molecule has 102 valence electrons. The summed E-state index contributed by atoms with van der Waals surface area (Å²) in [7, 11) is 0. The van der Waals surface area contributed by atoms with Gasteiger partial charge in [-0.05, 0) is 44.9 Å². The Morgan fingerprint density at radius 3 is 2.56 bits per heavy atom. The number of nitrogens with zero attached hydrogens (tertiary/aromatic N) is 1. The second kappa shape index (κ2) is 4.84. The van der Waals surface area contributed by atoms with E-state index in [1.54, 1.807) is 0 Å². The molecule has 0 bridgehead atoms. The van der Waals surface area contributed by atoms with Gasteiger partial charge in [0.1, 0.15) is 0 Å². The van der Waals surface area contributed by atoms with Gasteiger partial charge in [-0.15, -0.1) is 0 Å². The molecule has 1 aliphatic heterocycles. The lowest BCUT2D eigenvalue weighted by molar-refractivity contribution is -0.132. The van der Waals surface area contributed by atoms with Crippen molar-refractivity contribution in [2.75, 3.05) is 0 Å². The van der Waals surface area contributed by atoms with Gasteiger partial charge in [-0.25, -0.2) is 0 Å². The molecule has 2 saturated carbocycles. The second-order valence-corrected chi connectivity index (χ2v) is 6.65. The predicted octanol–water partition coefficient (Wildman–Crippen LogP) is 2.51. The van der Waals surface area contributed by atoms with Crippen LogP contribution in [0, 0.1) is 11.8 Å². The van der Waals surface area contributed by atoms with Crippen molar-refractivity contribution in [3.8, 4) is 0 Å². The normalized spacial score (nSPS) is 35.4. The van der Waals surface area contributed by atoms with Gasteiger partial charge in [-0.2, -0.15) is 0 Å². The third-order valence-corrected chi connectivity index (χ3v) is 5.04. The van der Waals surface area contributed by atoms with E-state index in [9.17, 15) is 4.79 Å². The van der Waals surface area contributed by atoms with Crippen LogP contribution in [0.25, 0.3) is 0 Å². The third kappa shape index (κ3) is 2.29. The van der Waals surface area contributed by atoms with E-state index in [0.29, 0.717) is 24.0 Å². The highest BCUT2D eigenvalue weighted by atomic mass is 16.2. The van der Waals surface area contributed by atoms with Gasteiger partial charge < -0.3 is 4.90 Å². The van der Waals surface area contributed by atoms with Crippen molar-refractivity contribution in [1.82, 2.24) is 10.2 Å². The zero-order chi connectivity index (χ0) is 12.7. The Bertz CT molecular complexity index is 320. The molecule has 0 aromatic heterocycles. The quantitative estimate of drug-likeness (QED) is 0.831. The molecule has 0 aromatic carbocycles. The van der Waals surface area contributed by atoms with E-state index < -0.39 is 0 Å². The van der Waals surface area contributed by atoms with Gasteiger partial charge in [0.2, 0.25) is 5.91 Å². The van der Waals surface area contributed by atoms with Gasteiger partial charge >= 0.3 is 0 Å². The van der Waals surface area contributed by atoms with Crippen LogP contribution in [0.15, 0.2) is 0 Å². The van der Waals surface area contributed by atoms with E-state index in [1.807, 2.05) is 6.92 Å². The van der Waals surface area contributed by atoms with Gasteiger partial charge in [-0.3, -0.25) is 10.1 Å². The molecule has 3 atom stereocenters. The van der Waals surface area contributed by atoms with Crippen molar-refractivity contribution in [2.45, 2.75) is 77.0 Å². The number of amides is 1. The molecule has 3 fully saturated rings. The average molecular weight is 250 g/mol. The molecule has 1 amide bonds. The Hall–Kier alpha value is -0.570. The first-order chi connectivity index (χ1) is 8.66. The molecule has 0 spiro atoms. The van der Waals surface area contributed by atoms with Crippen LogP contribution < -0.4 is 5.32 Å². The number of carbonyl (C=O) groups excluding carboxylic acids is 1. The highest BCUT2D eigenvalue weighted by Crippen LogP contribution is 2.38. The molecule has 1 heterocycles. The summed E-state index contributed by atoms with van der Waals surface area (Å²) < 4.78 is 0. The standard InChI is InChI=1S/C15H26N2O/c1-10(9-12-7-8-12)17-14(13-5-3-4-6-13)16-11(2)15(17)18/h10-14,16H,3-9H2,1-2H3. The summed E-state index contributed by atoms with van der Waals surface area (Å²) in [6.45, 7) is 4.27. The molecule has 18 heavy (non-hydrogen) atoms. The maximum absolute atomic E-state index is 12.4. The Morgan fingerprint density at radius 2 is 1.94 bits per heavy atom. The van der Waals surface area contributed by atoms with Gasteiger partial charge in [0.25, 0.3) is 0 Å². The minimum atomic E-state index is 0.0252. The molecule has 0 aromatic rings. The Morgan fingerprint density at radius 1 is 1.28 bits per heavy atom. The van der Waals surface area contributed by atoms with E-state index >= 15 is 0 Å². The van der Waals surface area contributed by atoms with Gasteiger partial charge in [-0.1, -0.05) is 25.7 Å². The van der Waals surface area contributed by atoms with Gasteiger partial charge in [0, 0.05) is 6.04 Å². The van der Waals surface area contributed by atoms with Gasteiger partial charge in [0.05, 0.1) is 12.2 Å². The fourth-order valence-electron chi connectivity index (χ4n) is 3.85. The molecule has 3 nitrogen and oxygen atoms in total.